The molecule has 28 heavy (non-hydrogen) atoms. The minimum Gasteiger partial charge on any atom is -0.331 e. The Morgan fingerprint density at radius 2 is 1.61 bits per heavy atom. The molecule has 13 heteroatoms. The Balaban J connectivity index is 2.56. The van der Waals surface area contributed by atoms with Crippen LogP contribution in [-0.2, 0) is 0 Å². The highest BCUT2D eigenvalue weighted by molar-refractivity contribution is 6.36. The van der Waals surface area contributed by atoms with E-state index in [2.05, 4.69) is 4.98 Å². The van der Waals surface area contributed by atoms with Gasteiger partial charge in [-0.25, -0.2) is 9.37 Å². The summed E-state index contributed by atoms with van der Waals surface area (Å²) in [6.45, 7) is 0. The summed E-state index contributed by atoms with van der Waals surface area (Å²) in [6.07, 6.45) is -11.4. The Kier molecular flexibility index (Phi) is 6.00. The number of hydrogen-bond donors (Lipinski definition) is 2. The number of nitrogens with zero attached hydrogens (tertiary/aromatic N) is 1. The van der Waals surface area contributed by atoms with Crippen LogP contribution in [0.4, 0.5) is 36.6 Å². The predicted molar refractivity (Wildman–Crippen MR) is 86.6 cm³/mol. The zero-order valence-electron chi connectivity index (χ0n) is 13.2. The molecule has 0 bridgehead atoms. The van der Waals surface area contributed by atoms with Gasteiger partial charge >= 0.3 is 18.0 Å². The lowest BCUT2D eigenvalue weighted by molar-refractivity contribution is -0.294. The first-order chi connectivity index (χ1) is 12.8. The normalized spacial score (nSPS) is 12.6. The average molecular weight is 450 g/mol. The van der Waals surface area contributed by atoms with Crippen LogP contribution >= 0.6 is 23.2 Å². The summed E-state index contributed by atoms with van der Waals surface area (Å²) in [5.41, 5.74) is -5.75. The third kappa shape index (κ3) is 4.41. The molecule has 0 spiro atoms. The van der Waals surface area contributed by atoms with Crippen molar-refractivity contribution in [2.75, 3.05) is 5.32 Å². The van der Waals surface area contributed by atoms with Gasteiger partial charge in [-0.1, -0.05) is 29.3 Å². The van der Waals surface area contributed by atoms with Crippen molar-refractivity contribution in [3.8, 4) is 0 Å². The molecule has 2 rings (SSSR count). The van der Waals surface area contributed by atoms with Gasteiger partial charge in [-0.3, -0.25) is 4.79 Å². The third-order valence-electron chi connectivity index (χ3n) is 3.35. The summed E-state index contributed by atoms with van der Waals surface area (Å²) in [6, 6.07) is 3.96. The Labute approximate surface area is 162 Å². The number of hydrogen-bond acceptors (Lipinski definition) is 3. The van der Waals surface area contributed by atoms with E-state index in [1.807, 2.05) is 0 Å². The van der Waals surface area contributed by atoms with Gasteiger partial charge in [-0.2, -0.15) is 26.3 Å². The molecular formula is C15H8Cl2F7N3O. The standard InChI is InChI=1S/C15H8Cl2F7N3O/c16-8-5-10(17)11(25-6-8)26-13(14(19,20)21,15(22,23)24)27-12(28)7-2-1-3-9(18)4-7/h1-6H,(H,25,26)(H,27,28). The van der Waals surface area contributed by atoms with Gasteiger partial charge in [-0.05, 0) is 24.3 Å². The lowest BCUT2D eigenvalue weighted by atomic mass is 10.1. The summed E-state index contributed by atoms with van der Waals surface area (Å²) in [7, 11) is 0. The molecule has 4 nitrogen and oxygen atoms in total. The van der Waals surface area contributed by atoms with Gasteiger partial charge in [0.2, 0.25) is 0 Å². The van der Waals surface area contributed by atoms with Gasteiger partial charge in [0.15, 0.2) is 0 Å². The van der Waals surface area contributed by atoms with Crippen molar-refractivity contribution in [3.05, 3.63) is 58.0 Å². The van der Waals surface area contributed by atoms with E-state index in [-0.39, 0.29) is 5.02 Å². The quantitative estimate of drug-likeness (QED) is 0.498. The molecule has 1 aromatic heterocycles. The van der Waals surface area contributed by atoms with Crippen molar-refractivity contribution in [3.63, 3.8) is 0 Å². The number of benzene rings is 1. The van der Waals surface area contributed by atoms with Crippen molar-refractivity contribution in [2.24, 2.45) is 0 Å². The molecule has 1 aromatic carbocycles. The summed E-state index contributed by atoms with van der Waals surface area (Å²) in [5, 5.41) is 1.14. The van der Waals surface area contributed by atoms with Crippen LogP contribution in [0.2, 0.25) is 10.0 Å². The van der Waals surface area contributed by atoms with Gasteiger partial charge in [0, 0.05) is 11.8 Å². The van der Waals surface area contributed by atoms with Crippen LogP contribution in [0.15, 0.2) is 36.5 Å². The first-order valence-corrected chi connectivity index (χ1v) is 7.83. The van der Waals surface area contributed by atoms with Crippen LogP contribution < -0.4 is 10.6 Å². The molecule has 152 valence electrons. The Hall–Kier alpha value is -2.27. The average Bonchev–Trinajstić information content (AvgIpc) is 2.54. The molecule has 0 radical (unpaired) electrons. The van der Waals surface area contributed by atoms with E-state index in [1.165, 1.54) is 0 Å². The van der Waals surface area contributed by atoms with Crippen molar-refractivity contribution in [2.45, 2.75) is 18.0 Å². The third-order valence-corrected chi connectivity index (χ3v) is 3.85. The van der Waals surface area contributed by atoms with E-state index in [0.717, 1.165) is 41.1 Å². The monoisotopic (exact) mass is 449 g/mol. The topological polar surface area (TPSA) is 54.0 Å². The van der Waals surface area contributed by atoms with E-state index in [1.54, 1.807) is 0 Å². The molecule has 0 aliphatic carbocycles. The van der Waals surface area contributed by atoms with Crippen LogP contribution in [0, 0.1) is 5.82 Å². The highest BCUT2D eigenvalue weighted by Crippen LogP contribution is 2.44. The van der Waals surface area contributed by atoms with E-state index in [4.69, 9.17) is 23.2 Å². The number of halogens is 9. The fraction of sp³-hybridized carbons (Fsp3) is 0.200. The van der Waals surface area contributed by atoms with Crippen LogP contribution in [0.25, 0.3) is 0 Å². The number of carbonyl (C=O) groups is 1. The van der Waals surface area contributed by atoms with Crippen LogP contribution in [0.5, 0.6) is 0 Å². The maximum Gasteiger partial charge on any atom is 0.439 e. The van der Waals surface area contributed by atoms with Crippen LogP contribution in [-0.4, -0.2) is 28.9 Å². The molecule has 0 atom stereocenters. The molecule has 2 N–H and O–H groups in total. The lowest BCUT2D eigenvalue weighted by Crippen LogP contribution is -2.72. The smallest absolute Gasteiger partial charge is 0.331 e. The predicted octanol–water partition coefficient (Wildman–Crippen LogP) is 5.19. The first-order valence-electron chi connectivity index (χ1n) is 7.07. The fourth-order valence-corrected chi connectivity index (χ4v) is 2.46. The summed E-state index contributed by atoms with van der Waals surface area (Å²) in [5.74, 6) is -3.92. The second-order valence-corrected chi connectivity index (χ2v) is 6.16. The van der Waals surface area contributed by atoms with Gasteiger partial charge in [0.25, 0.3) is 5.91 Å². The van der Waals surface area contributed by atoms with Crippen LogP contribution in [0.1, 0.15) is 10.4 Å². The minimum absolute atomic E-state index is 0.149. The molecule has 2 aromatic rings. The van der Waals surface area contributed by atoms with Gasteiger partial charge < -0.3 is 10.6 Å². The lowest BCUT2D eigenvalue weighted by Gasteiger charge is -2.38. The molecule has 0 saturated heterocycles. The fourth-order valence-electron chi connectivity index (χ4n) is 2.03. The highest BCUT2D eigenvalue weighted by Gasteiger charge is 2.73. The summed E-state index contributed by atoms with van der Waals surface area (Å²) < 4.78 is 94.5. The molecule has 0 aliphatic heterocycles. The van der Waals surface area contributed by atoms with Crippen molar-refractivity contribution in [1.29, 1.82) is 0 Å². The summed E-state index contributed by atoms with van der Waals surface area (Å²) in [4.78, 5) is 15.3. The number of amides is 1. The zero-order chi connectivity index (χ0) is 21.3. The van der Waals surface area contributed by atoms with Gasteiger partial charge in [0.05, 0.1) is 10.0 Å². The minimum atomic E-state index is -6.10. The first kappa shape index (κ1) is 22.0. The molecule has 1 heterocycles. The van der Waals surface area contributed by atoms with E-state index >= 15 is 0 Å². The van der Waals surface area contributed by atoms with Crippen LogP contribution in [0.3, 0.4) is 0 Å². The van der Waals surface area contributed by atoms with E-state index in [0.29, 0.717) is 6.07 Å². The largest absolute Gasteiger partial charge is 0.439 e. The molecular weight excluding hydrogens is 442 g/mol. The Bertz CT molecular complexity index is 873. The molecule has 0 fully saturated rings. The number of alkyl halides is 6. The second-order valence-electron chi connectivity index (χ2n) is 5.32. The van der Waals surface area contributed by atoms with Gasteiger partial charge in [0.1, 0.15) is 11.6 Å². The highest BCUT2D eigenvalue weighted by atomic mass is 35.5. The number of pyridine rings is 1. The second kappa shape index (κ2) is 7.63. The maximum absolute atomic E-state index is 13.6. The molecule has 1 amide bonds. The maximum atomic E-state index is 13.6. The van der Waals surface area contributed by atoms with E-state index < -0.39 is 46.1 Å². The summed E-state index contributed by atoms with van der Waals surface area (Å²) >= 11 is 11.1. The SMILES string of the molecule is O=C(NC(Nc1ncc(Cl)cc1Cl)(C(F)(F)F)C(F)(F)F)c1cccc(F)c1. The molecule has 0 saturated carbocycles. The Morgan fingerprint density at radius 1 is 1.00 bits per heavy atom. The van der Waals surface area contributed by atoms with Crippen molar-refractivity contribution < 1.29 is 35.5 Å². The number of aromatic nitrogens is 1. The number of carbonyl (C=O) groups excluding carboxylic acids is 1. The number of nitrogens with one attached hydrogen (secondary N) is 2. The van der Waals surface area contributed by atoms with Crippen molar-refractivity contribution >= 4 is 34.9 Å². The van der Waals surface area contributed by atoms with Gasteiger partial charge in [-0.15, -0.1) is 0 Å². The Morgan fingerprint density at radius 3 is 2.11 bits per heavy atom. The zero-order valence-corrected chi connectivity index (χ0v) is 14.7. The number of rotatable bonds is 4. The molecule has 0 unspecified atom stereocenters. The number of anilines is 1. The van der Waals surface area contributed by atoms with E-state index in [9.17, 15) is 35.5 Å². The molecule has 0 aliphatic rings. The van der Waals surface area contributed by atoms with Crippen molar-refractivity contribution in [1.82, 2.24) is 10.3 Å².